The van der Waals surface area contributed by atoms with Gasteiger partial charge in [0.2, 0.25) is 0 Å². The molecule has 0 atom stereocenters. The normalized spacial score (nSPS) is 9.12. The molecule has 0 aliphatic rings. The van der Waals surface area contributed by atoms with Crippen LogP contribution in [-0.2, 0) is 6.54 Å². The Morgan fingerprint density at radius 3 is 2.38 bits per heavy atom. The fraction of sp³-hybridized carbons (Fsp3) is 0.111. The van der Waals surface area contributed by atoms with Gasteiger partial charge in [-0.1, -0.05) is 11.6 Å². The van der Waals surface area contributed by atoms with Crippen molar-refractivity contribution in [2.24, 2.45) is 5.73 Å². The number of benzene rings is 1. The Kier molecular flexibility index (Phi) is 6.36. The predicted molar refractivity (Wildman–Crippen MR) is 68.8 cm³/mol. The van der Waals surface area contributed by atoms with Crippen molar-refractivity contribution < 1.29 is 0 Å². The zero-order valence-electron chi connectivity index (χ0n) is 8.21. The Labute approximate surface area is 111 Å². The lowest BCUT2D eigenvalue weighted by atomic mass is 10.3. The maximum absolute atomic E-state index is 5.78. The lowest BCUT2D eigenvalue weighted by molar-refractivity contribution is 0.860. The Bertz CT molecular complexity index is 427. The molecule has 0 saturated carbocycles. The molecular formula is C9H11Cl3N4. The summed E-state index contributed by atoms with van der Waals surface area (Å²) >= 11 is 5.78. The van der Waals surface area contributed by atoms with E-state index in [4.69, 9.17) is 17.3 Å². The van der Waals surface area contributed by atoms with Gasteiger partial charge >= 0.3 is 0 Å². The van der Waals surface area contributed by atoms with Crippen LogP contribution >= 0.6 is 36.4 Å². The molecule has 0 saturated heterocycles. The lowest BCUT2D eigenvalue weighted by Crippen LogP contribution is -2.05. The van der Waals surface area contributed by atoms with Gasteiger partial charge in [-0.3, -0.25) is 4.57 Å². The van der Waals surface area contributed by atoms with Crippen molar-refractivity contribution in [1.82, 2.24) is 14.8 Å². The van der Waals surface area contributed by atoms with Gasteiger partial charge in [0.15, 0.2) is 5.82 Å². The summed E-state index contributed by atoms with van der Waals surface area (Å²) in [7, 11) is 0. The molecule has 2 N–H and O–H groups in total. The standard InChI is InChI=1S/C9H9ClN4.2ClH/c10-7-1-3-8(4-2-7)14-6-12-13-9(14)5-11;;/h1-4,6H,5,11H2;2*1H. The first-order chi connectivity index (χ1) is 6.81. The molecular weight excluding hydrogens is 270 g/mol. The van der Waals surface area contributed by atoms with Crippen LogP contribution in [0.15, 0.2) is 30.6 Å². The highest BCUT2D eigenvalue weighted by atomic mass is 35.5. The number of halogens is 3. The summed E-state index contributed by atoms with van der Waals surface area (Å²) in [6.45, 7) is 0.364. The van der Waals surface area contributed by atoms with Crippen molar-refractivity contribution in [2.45, 2.75) is 6.54 Å². The van der Waals surface area contributed by atoms with Gasteiger partial charge in [-0.15, -0.1) is 35.0 Å². The molecule has 1 heterocycles. The van der Waals surface area contributed by atoms with Crippen molar-refractivity contribution in [1.29, 1.82) is 0 Å². The zero-order valence-corrected chi connectivity index (χ0v) is 10.6. The number of hydrogen-bond donors (Lipinski definition) is 1. The summed E-state index contributed by atoms with van der Waals surface area (Å²) in [4.78, 5) is 0. The molecule has 0 unspecified atom stereocenters. The van der Waals surface area contributed by atoms with E-state index in [1.54, 1.807) is 6.33 Å². The van der Waals surface area contributed by atoms with E-state index in [2.05, 4.69) is 10.2 Å². The summed E-state index contributed by atoms with van der Waals surface area (Å²) in [6.07, 6.45) is 1.63. The minimum Gasteiger partial charge on any atom is -0.324 e. The first-order valence-corrected chi connectivity index (χ1v) is 4.54. The quantitative estimate of drug-likeness (QED) is 0.918. The van der Waals surface area contributed by atoms with Crippen molar-refractivity contribution in [3.63, 3.8) is 0 Å². The SMILES string of the molecule is Cl.Cl.NCc1nncn1-c1ccc(Cl)cc1. The summed E-state index contributed by atoms with van der Waals surface area (Å²) in [5.41, 5.74) is 6.47. The molecule has 0 bridgehead atoms. The Hall–Kier alpha value is -0.810. The van der Waals surface area contributed by atoms with Crippen LogP contribution in [0.2, 0.25) is 5.02 Å². The second-order valence-corrected chi connectivity index (χ2v) is 3.23. The first kappa shape index (κ1) is 15.2. The molecule has 2 rings (SSSR count). The molecule has 0 amide bonds. The van der Waals surface area contributed by atoms with E-state index in [1.165, 1.54) is 0 Å². The highest BCUT2D eigenvalue weighted by molar-refractivity contribution is 6.30. The van der Waals surface area contributed by atoms with Crippen LogP contribution in [0.5, 0.6) is 0 Å². The van der Waals surface area contributed by atoms with E-state index in [0.717, 1.165) is 11.5 Å². The molecule has 88 valence electrons. The lowest BCUT2D eigenvalue weighted by Gasteiger charge is -2.04. The molecule has 1 aromatic heterocycles. The first-order valence-electron chi connectivity index (χ1n) is 4.16. The van der Waals surface area contributed by atoms with Crippen LogP contribution in [0, 0.1) is 0 Å². The third-order valence-corrected chi connectivity index (χ3v) is 2.16. The third-order valence-electron chi connectivity index (χ3n) is 1.91. The monoisotopic (exact) mass is 280 g/mol. The maximum Gasteiger partial charge on any atom is 0.151 e. The second kappa shape index (κ2) is 6.70. The van der Waals surface area contributed by atoms with Gasteiger partial charge in [-0.2, -0.15) is 0 Å². The van der Waals surface area contributed by atoms with E-state index in [0.29, 0.717) is 11.6 Å². The molecule has 0 aliphatic heterocycles. The maximum atomic E-state index is 5.78. The van der Waals surface area contributed by atoms with E-state index in [9.17, 15) is 0 Å². The predicted octanol–water partition coefficient (Wildman–Crippen LogP) is 2.22. The summed E-state index contributed by atoms with van der Waals surface area (Å²) in [5.74, 6) is 0.729. The molecule has 0 fully saturated rings. The van der Waals surface area contributed by atoms with E-state index >= 15 is 0 Å². The fourth-order valence-corrected chi connectivity index (χ4v) is 1.34. The van der Waals surface area contributed by atoms with Crippen LogP contribution < -0.4 is 5.73 Å². The highest BCUT2D eigenvalue weighted by Crippen LogP contribution is 2.13. The summed E-state index contributed by atoms with van der Waals surface area (Å²) in [6, 6.07) is 7.42. The van der Waals surface area contributed by atoms with Gasteiger partial charge < -0.3 is 5.73 Å². The summed E-state index contributed by atoms with van der Waals surface area (Å²) < 4.78 is 1.83. The molecule has 0 aliphatic carbocycles. The molecule has 7 heteroatoms. The molecule has 16 heavy (non-hydrogen) atoms. The molecule has 4 nitrogen and oxygen atoms in total. The Balaban J connectivity index is 0.00000112. The van der Waals surface area contributed by atoms with Gasteiger partial charge in [0.25, 0.3) is 0 Å². The molecule has 0 radical (unpaired) electrons. The second-order valence-electron chi connectivity index (χ2n) is 2.80. The van der Waals surface area contributed by atoms with E-state index in [1.807, 2.05) is 28.8 Å². The number of hydrogen-bond acceptors (Lipinski definition) is 3. The van der Waals surface area contributed by atoms with Crippen LogP contribution in [0.1, 0.15) is 5.82 Å². The van der Waals surface area contributed by atoms with Gasteiger partial charge in [0.1, 0.15) is 6.33 Å². The zero-order chi connectivity index (χ0) is 9.97. The van der Waals surface area contributed by atoms with Crippen LogP contribution in [-0.4, -0.2) is 14.8 Å². The average Bonchev–Trinajstić information content (AvgIpc) is 2.67. The van der Waals surface area contributed by atoms with Gasteiger partial charge in [0.05, 0.1) is 6.54 Å². The minimum atomic E-state index is 0. The highest BCUT2D eigenvalue weighted by Gasteiger charge is 2.03. The summed E-state index contributed by atoms with van der Waals surface area (Å²) in [5, 5.41) is 8.38. The molecule has 2 aromatic rings. The van der Waals surface area contributed by atoms with Crippen molar-refractivity contribution in [3.8, 4) is 5.69 Å². The van der Waals surface area contributed by atoms with Crippen molar-refractivity contribution in [3.05, 3.63) is 41.4 Å². The largest absolute Gasteiger partial charge is 0.324 e. The third kappa shape index (κ3) is 3.09. The van der Waals surface area contributed by atoms with Crippen molar-refractivity contribution >= 4 is 36.4 Å². The minimum absolute atomic E-state index is 0. The van der Waals surface area contributed by atoms with Crippen LogP contribution in [0.4, 0.5) is 0 Å². The number of aromatic nitrogens is 3. The molecule has 1 aromatic carbocycles. The van der Waals surface area contributed by atoms with E-state index in [-0.39, 0.29) is 24.8 Å². The van der Waals surface area contributed by atoms with E-state index < -0.39 is 0 Å². The molecule has 0 spiro atoms. The Morgan fingerprint density at radius 2 is 1.81 bits per heavy atom. The number of nitrogens with zero attached hydrogens (tertiary/aromatic N) is 3. The van der Waals surface area contributed by atoms with Gasteiger partial charge in [0, 0.05) is 10.7 Å². The number of nitrogens with two attached hydrogens (primary N) is 1. The average molecular weight is 282 g/mol. The van der Waals surface area contributed by atoms with Crippen LogP contribution in [0.3, 0.4) is 0 Å². The van der Waals surface area contributed by atoms with Crippen molar-refractivity contribution in [2.75, 3.05) is 0 Å². The van der Waals surface area contributed by atoms with Crippen LogP contribution in [0.25, 0.3) is 5.69 Å². The smallest absolute Gasteiger partial charge is 0.151 e. The topological polar surface area (TPSA) is 56.7 Å². The Morgan fingerprint density at radius 1 is 1.19 bits per heavy atom. The fourth-order valence-electron chi connectivity index (χ4n) is 1.22. The number of rotatable bonds is 2. The van der Waals surface area contributed by atoms with Gasteiger partial charge in [-0.05, 0) is 24.3 Å². The van der Waals surface area contributed by atoms with Gasteiger partial charge in [-0.25, -0.2) is 0 Å².